The topological polar surface area (TPSA) is 63.2 Å². The molecule has 0 bridgehead atoms. The van der Waals surface area contributed by atoms with Crippen molar-refractivity contribution in [2.24, 2.45) is 5.41 Å². The average molecular weight is 351 g/mol. The van der Waals surface area contributed by atoms with Gasteiger partial charge >= 0.3 is 0 Å². The molecule has 0 radical (unpaired) electrons. The Balaban J connectivity index is 1.62. The first-order valence-corrected chi connectivity index (χ1v) is 9.45. The van der Waals surface area contributed by atoms with Gasteiger partial charge in [-0.25, -0.2) is 4.98 Å². The number of thiophene rings is 1. The summed E-state index contributed by atoms with van der Waals surface area (Å²) in [6.07, 6.45) is 3.70. The van der Waals surface area contributed by atoms with Gasteiger partial charge in [0.1, 0.15) is 9.88 Å². The zero-order valence-corrected chi connectivity index (χ0v) is 14.8. The van der Waals surface area contributed by atoms with Gasteiger partial charge in [-0.1, -0.05) is 0 Å². The van der Waals surface area contributed by atoms with Crippen LogP contribution in [0.5, 0.6) is 0 Å². The second-order valence-corrected chi connectivity index (χ2v) is 7.72. The molecule has 23 heavy (non-hydrogen) atoms. The molecule has 1 amide bonds. The third-order valence-electron chi connectivity index (χ3n) is 4.24. The molecule has 3 rings (SSSR count). The summed E-state index contributed by atoms with van der Waals surface area (Å²) in [6, 6.07) is 2.02. The largest absolute Gasteiger partial charge is 0.384 e. The maximum Gasteiger partial charge on any atom is 0.263 e. The summed E-state index contributed by atoms with van der Waals surface area (Å²) in [4.78, 5) is 17.4. The van der Waals surface area contributed by atoms with Crippen LogP contribution in [-0.2, 0) is 4.74 Å². The molecule has 1 fully saturated rings. The van der Waals surface area contributed by atoms with Crippen molar-refractivity contribution < 1.29 is 9.53 Å². The van der Waals surface area contributed by atoms with Crippen molar-refractivity contribution in [3.05, 3.63) is 27.9 Å². The Labute approximate surface area is 144 Å². The summed E-state index contributed by atoms with van der Waals surface area (Å²) in [7, 11) is 1.72. The number of ether oxygens (including phenoxy) is 1. The summed E-state index contributed by atoms with van der Waals surface area (Å²) in [6.45, 7) is 3.27. The lowest BCUT2D eigenvalue weighted by molar-refractivity contribution is 0.0512. The van der Waals surface area contributed by atoms with E-state index in [2.05, 4.69) is 15.6 Å². The van der Waals surface area contributed by atoms with Crippen molar-refractivity contribution >= 4 is 28.6 Å². The Morgan fingerprint density at radius 3 is 3.00 bits per heavy atom. The van der Waals surface area contributed by atoms with Gasteiger partial charge in [-0.05, 0) is 37.4 Å². The predicted octanol–water partition coefficient (Wildman–Crippen LogP) is 2.62. The number of hydrogen-bond donors (Lipinski definition) is 2. The van der Waals surface area contributed by atoms with E-state index in [4.69, 9.17) is 4.74 Å². The van der Waals surface area contributed by atoms with Crippen molar-refractivity contribution in [2.45, 2.75) is 12.8 Å². The van der Waals surface area contributed by atoms with E-state index in [9.17, 15) is 4.79 Å². The highest BCUT2D eigenvalue weighted by molar-refractivity contribution is 7.17. The normalized spacial score (nSPS) is 17.1. The van der Waals surface area contributed by atoms with E-state index in [1.807, 2.05) is 16.8 Å². The first-order chi connectivity index (χ1) is 11.2. The number of amides is 1. The molecule has 7 heteroatoms. The van der Waals surface area contributed by atoms with Crippen LogP contribution in [0, 0.1) is 5.41 Å². The van der Waals surface area contributed by atoms with Crippen LogP contribution in [0.4, 0.5) is 0 Å². The number of nitrogens with one attached hydrogen (secondary N) is 2. The summed E-state index contributed by atoms with van der Waals surface area (Å²) < 4.78 is 5.39. The Morgan fingerprint density at radius 1 is 1.48 bits per heavy atom. The minimum Gasteiger partial charge on any atom is -0.384 e. The van der Waals surface area contributed by atoms with Crippen LogP contribution in [0.15, 0.2) is 23.0 Å². The highest BCUT2D eigenvalue weighted by Gasteiger charge is 2.32. The van der Waals surface area contributed by atoms with Gasteiger partial charge in [0.05, 0.1) is 12.8 Å². The van der Waals surface area contributed by atoms with Crippen LogP contribution in [0.2, 0.25) is 0 Å². The lowest BCUT2D eigenvalue weighted by Gasteiger charge is -2.37. The van der Waals surface area contributed by atoms with Crippen LogP contribution in [0.25, 0.3) is 10.6 Å². The Morgan fingerprint density at radius 2 is 2.30 bits per heavy atom. The van der Waals surface area contributed by atoms with Gasteiger partial charge in [-0.2, -0.15) is 11.3 Å². The fourth-order valence-corrected chi connectivity index (χ4v) is 4.43. The third-order valence-corrected chi connectivity index (χ3v) is 5.96. The summed E-state index contributed by atoms with van der Waals surface area (Å²) in [5, 5.41) is 11.4. The Hall–Kier alpha value is -1.28. The molecule has 0 atom stereocenters. The van der Waals surface area contributed by atoms with Gasteiger partial charge in [0, 0.05) is 30.0 Å². The van der Waals surface area contributed by atoms with E-state index in [0.717, 1.165) is 36.5 Å². The maximum absolute atomic E-state index is 12.4. The molecule has 0 saturated carbocycles. The first-order valence-electron chi connectivity index (χ1n) is 7.69. The third kappa shape index (κ3) is 3.98. The molecule has 0 unspecified atom stereocenters. The van der Waals surface area contributed by atoms with Gasteiger partial charge in [-0.15, -0.1) is 11.3 Å². The van der Waals surface area contributed by atoms with Crippen molar-refractivity contribution in [3.8, 4) is 10.6 Å². The zero-order valence-electron chi connectivity index (χ0n) is 13.1. The Bertz CT molecular complexity index is 628. The molecule has 1 aliphatic rings. The molecule has 2 N–H and O–H groups in total. The second-order valence-electron chi connectivity index (χ2n) is 5.91. The monoisotopic (exact) mass is 351 g/mol. The number of hydrogen-bond acceptors (Lipinski definition) is 6. The lowest BCUT2D eigenvalue weighted by atomic mass is 9.79. The van der Waals surface area contributed by atoms with Crippen LogP contribution in [-0.4, -0.2) is 44.2 Å². The van der Waals surface area contributed by atoms with Crippen LogP contribution >= 0.6 is 22.7 Å². The quantitative estimate of drug-likeness (QED) is 0.840. The van der Waals surface area contributed by atoms with Crippen LogP contribution in [0.3, 0.4) is 0 Å². The van der Waals surface area contributed by atoms with Gasteiger partial charge in [0.15, 0.2) is 0 Å². The number of carbonyl (C=O) groups is 1. The molecular formula is C16H21N3O2S2. The number of thiazole rings is 1. The molecule has 0 aromatic carbocycles. The predicted molar refractivity (Wildman–Crippen MR) is 94.2 cm³/mol. The molecule has 124 valence electrons. The fraction of sp³-hybridized carbons (Fsp3) is 0.500. The summed E-state index contributed by atoms with van der Waals surface area (Å²) in [5.74, 6) is -0.0435. The minimum absolute atomic E-state index is 0.0382. The van der Waals surface area contributed by atoms with Gasteiger partial charge < -0.3 is 15.4 Å². The second kappa shape index (κ2) is 7.53. The molecule has 2 aromatic rings. The van der Waals surface area contributed by atoms with Crippen molar-refractivity contribution in [2.75, 3.05) is 33.4 Å². The van der Waals surface area contributed by atoms with E-state index in [-0.39, 0.29) is 11.3 Å². The number of methoxy groups -OCH3 is 1. The highest BCUT2D eigenvalue weighted by atomic mass is 32.1. The van der Waals surface area contributed by atoms with E-state index >= 15 is 0 Å². The molecule has 3 heterocycles. The van der Waals surface area contributed by atoms with E-state index in [1.54, 1.807) is 24.6 Å². The van der Waals surface area contributed by atoms with Gasteiger partial charge in [-0.3, -0.25) is 4.79 Å². The molecular weight excluding hydrogens is 330 g/mol. The average Bonchev–Trinajstić information content (AvgIpc) is 3.25. The number of rotatable bonds is 6. The molecule has 1 saturated heterocycles. The highest BCUT2D eigenvalue weighted by Crippen LogP contribution is 2.29. The molecule has 5 nitrogen and oxygen atoms in total. The lowest BCUT2D eigenvalue weighted by Crippen LogP contribution is -2.47. The van der Waals surface area contributed by atoms with E-state index in [0.29, 0.717) is 18.0 Å². The molecule has 0 aliphatic carbocycles. The zero-order chi connectivity index (χ0) is 16.1. The standard InChI is InChI=1S/C16H21N3O2S2/c1-21-11-16(3-5-17-6-4-16)10-19-14(20)13-8-18-15(23-13)12-2-7-22-9-12/h2,7-9,17H,3-6,10-11H2,1H3,(H,19,20). The number of piperidine rings is 1. The van der Waals surface area contributed by atoms with Crippen LogP contribution < -0.4 is 10.6 Å². The molecule has 1 aliphatic heterocycles. The number of carbonyl (C=O) groups excluding carboxylic acids is 1. The van der Waals surface area contributed by atoms with Gasteiger partial charge in [0.2, 0.25) is 0 Å². The summed E-state index contributed by atoms with van der Waals surface area (Å²) >= 11 is 3.07. The van der Waals surface area contributed by atoms with Gasteiger partial charge in [0.25, 0.3) is 5.91 Å². The van der Waals surface area contributed by atoms with Crippen molar-refractivity contribution in [1.82, 2.24) is 15.6 Å². The minimum atomic E-state index is -0.0435. The SMILES string of the molecule is COCC1(CNC(=O)c2cnc(-c3ccsc3)s2)CCNCC1. The van der Waals surface area contributed by atoms with E-state index < -0.39 is 0 Å². The maximum atomic E-state index is 12.4. The first kappa shape index (κ1) is 16.6. The molecule has 2 aromatic heterocycles. The Kier molecular flexibility index (Phi) is 5.42. The number of nitrogens with zero attached hydrogens (tertiary/aromatic N) is 1. The number of aromatic nitrogens is 1. The fourth-order valence-electron chi connectivity index (χ4n) is 2.89. The van der Waals surface area contributed by atoms with Crippen LogP contribution in [0.1, 0.15) is 22.5 Å². The smallest absolute Gasteiger partial charge is 0.263 e. The van der Waals surface area contributed by atoms with E-state index in [1.165, 1.54) is 11.3 Å². The van der Waals surface area contributed by atoms with Crippen molar-refractivity contribution in [3.63, 3.8) is 0 Å². The summed E-state index contributed by atoms with van der Waals surface area (Å²) in [5.41, 5.74) is 1.12. The molecule has 0 spiro atoms. The van der Waals surface area contributed by atoms with Crippen molar-refractivity contribution in [1.29, 1.82) is 0 Å².